The van der Waals surface area contributed by atoms with Gasteiger partial charge in [0.2, 0.25) is 6.10 Å². The molecule has 1 rings (SSSR count). The summed E-state index contributed by atoms with van der Waals surface area (Å²) in [6.07, 6.45) is -1.94. The molecule has 0 aliphatic carbocycles. The van der Waals surface area contributed by atoms with Crippen LogP contribution in [0.4, 0.5) is 10.5 Å². The Labute approximate surface area is 147 Å². The third-order valence-corrected chi connectivity index (χ3v) is 4.03. The SMILES string of the molecule is C=C(C)C(OC(=O)Nc1c(Br)cc(Br)cc1Br)C(=O)OC. The van der Waals surface area contributed by atoms with E-state index in [1.54, 1.807) is 19.1 Å². The normalized spacial score (nSPS) is 11.5. The number of benzene rings is 1. The highest BCUT2D eigenvalue weighted by molar-refractivity contribution is 9.11. The minimum atomic E-state index is -1.15. The van der Waals surface area contributed by atoms with Crippen molar-refractivity contribution in [2.45, 2.75) is 13.0 Å². The van der Waals surface area contributed by atoms with Crippen molar-refractivity contribution in [2.75, 3.05) is 12.4 Å². The van der Waals surface area contributed by atoms with Crippen molar-refractivity contribution >= 4 is 65.5 Å². The molecule has 1 atom stereocenters. The average molecular weight is 486 g/mol. The first-order chi connectivity index (χ1) is 9.76. The summed E-state index contributed by atoms with van der Waals surface area (Å²) in [6, 6.07) is 3.52. The molecule has 0 aliphatic rings. The van der Waals surface area contributed by atoms with E-state index in [0.29, 0.717) is 20.2 Å². The third kappa shape index (κ3) is 5.12. The molecule has 1 aromatic rings. The molecule has 1 amide bonds. The number of methoxy groups -OCH3 is 1. The lowest BCUT2D eigenvalue weighted by Gasteiger charge is -2.17. The van der Waals surface area contributed by atoms with Crippen LogP contribution in [0, 0.1) is 0 Å². The van der Waals surface area contributed by atoms with E-state index in [2.05, 4.69) is 64.4 Å². The fourth-order valence-electron chi connectivity index (χ4n) is 1.36. The van der Waals surface area contributed by atoms with Crippen LogP contribution in [0.25, 0.3) is 0 Å². The molecule has 0 saturated carbocycles. The third-order valence-electron chi connectivity index (χ3n) is 2.32. The number of nitrogens with one attached hydrogen (secondary N) is 1. The first-order valence-electron chi connectivity index (χ1n) is 5.61. The summed E-state index contributed by atoms with van der Waals surface area (Å²) in [5.41, 5.74) is 0.847. The Morgan fingerprint density at radius 1 is 1.24 bits per heavy atom. The van der Waals surface area contributed by atoms with Gasteiger partial charge in [0, 0.05) is 13.4 Å². The van der Waals surface area contributed by atoms with Gasteiger partial charge >= 0.3 is 12.1 Å². The average Bonchev–Trinajstić information content (AvgIpc) is 2.39. The van der Waals surface area contributed by atoms with Crippen molar-refractivity contribution in [3.8, 4) is 0 Å². The first kappa shape index (κ1) is 18.2. The number of hydrogen-bond acceptors (Lipinski definition) is 4. The summed E-state index contributed by atoms with van der Waals surface area (Å²) in [6.45, 7) is 5.17. The maximum Gasteiger partial charge on any atom is 0.412 e. The summed E-state index contributed by atoms with van der Waals surface area (Å²) in [4.78, 5) is 23.4. The van der Waals surface area contributed by atoms with Crippen molar-refractivity contribution in [1.29, 1.82) is 0 Å². The van der Waals surface area contributed by atoms with Gasteiger partial charge in [0.25, 0.3) is 0 Å². The Balaban J connectivity index is 2.87. The standard InChI is InChI=1S/C13H12Br3NO4/c1-6(2)11(12(18)20-3)21-13(19)17-10-8(15)4-7(14)5-9(10)16/h4-5,11H,1H2,2-3H3,(H,17,19). The molecule has 1 aromatic carbocycles. The number of carbonyl (C=O) groups is 2. The number of hydrogen-bond donors (Lipinski definition) is 1. The number of rotatable bonds is 4. The van der Waals surface area contributed by atoms with Crippen LogP contribution in [0.5, 0.6) is 0 Å². The van der Waals surface area contributed by atoms with E-state index in [9.17, 15) is 9.59 Å². The second kappa shape index (κ2) is 7.95. The van der Waals surface area contributed by atoms with E-state index in [1.165, 1.54) is 7.11 Å². The van der Waals surface area contributed by atoms with Crippen LogP contribution < -0.4 is 5.32 Å². The molecule has 8 heteroatoms. The molecule has 5 nitrogen and oxygen atoms in total. The monoisotopic (exact) mass is 483 g/mol. The molecule has 1 unspecified atom stereocenters. The van der Waals surface area contributed by atoms with Gasteiger partial charge in [-0.2, -0.15) is 0 Å². The van der Waals surface area contributed by atoms with Gasteiger partial charge in [-0.15, -0.1) is 0 Å². The summed E-state index contributed by atoms with van der Waals surface area (Å²) in [7, 11) is 1.21. The molecule has 0 aliphatic heterocycles. The molecule has 0 fully saturated rings. The van der Waals surface area contributed by atoms with Gasteiger partial charge in [-0.25, -0.2) is 9.59 Å². The molecule has 0 aromatic heterocycles. The van der Waals surface area contributed by atoms with Gasteiger partial charge < -0.3 is 9.47 Å². The lowest BCUT2D eigenvalue weighted by atomic mass is 10.2. The molecule has 21 heavy (non-hydrogen) atoms. The van der Waals surface area contributed by atoms with E-state index in [-0.39, 0.29) is 0 Å². The smallest absolute Gasteiger partial charge is 0.412 e. The molecule has 0 heterocycles. The Morgan fingerprint density at radius 3 is 2.19 bits per heavy atom. The second-order valence-electron chi connectivity index (χ2n) is 4.02. The van der Waals surface area contributed by atoms with Crippen LogP contribution in [0.3, 0.4) is 0 Å². The number of anilines is 1. The highest BCUT2D eigenvalue weighted by Crippen LogP contribution is 2.34. The fourth-order valence-corrected chi connectivity index (χ4v) is 3.81. The molecule has 0 bridgehead atoms. The topological polar surface area (TPSA) is 64.6 Å². The molecule has 114 valence electrons. The predicted octanol–water partition coefficient (Wildman–Crippen LogP) is 4.64. The summed E-state index contributed by atoms with van der Waals surface area (Å²) < 4.78 is 11.7. The highest BCUT2D eigenvalue weighted by Gasteiger charge is 2.25. The van der Waals surface area contributed by atoms with Crippen LogP contribution in [0.15, 0.2) is 37.7 Å². The van der Waals surface area contributed by atoms with Crippen LogP contribution in [0.2, 0.25) is 0 Å². The Morgan fingerprint density at radius 2 is 1.76 bits per heavy atom. The minimum Gasteiger partial charge on any atom is -0.466 e. The van der Waals surface area contributed by atoms with Gasteiger partial charge in [-0.3, -0.25) is 5.32 Å². The fraction of sp³-hybridized carbons (Fsp3) is 0.231. The van der Waals surface area contributed by atoms with Crippen LogP contribution in [-0.2, 0) is 14.3 Å². The summed E-state index contributed by atoms with van der Waals surface area (Å²) in [5.74, 6) is -0.688. The molecule has 0 saturated heterocycles. The van der Waals surface area contributed by atoms with Crippen molar-refractivity contribution in [3.05, 3.63) is 37.7 Å². The molecular weight excluding hydrogens is 474 g/mol. The van der Waals surface area contributed by atoms with E-state index in [4.69, 9.17) is 4.74 Å². The van der Waals surface area contributed by atoms with Crippen molar-refractivity contribution < 1.29 is 19.1 Å². The van der Waals surface area contributed by atoms with Crippen LogP contribution in [-0.4, -0.2) is 25.3 Å². The quantitative estimate of drug-likeness (QED) is 0.498. The lowest BCUT2D eigenvalue weighted by molar-refractivity contribution is -0.148. The summed E-state index contributed by atoms with van der Waals surface area (Å²) >= 11 is 9.97. The van der Waals surface area contributed by atoms with E-state index in [1.807, 2.05) is 0 Å². The van der Waals surface area contributed by atoms with Gasteiger partial charge in [-0.1, -0.05) is 22.5 Å². The zero-order valence-electron chi connectivity index (χ0n) is 11.2. The Hall–Kier alpha value is -0.860. The van der Waals surface area contributed by atoms with Crippen molar-refractivity contribution in [2.24, 2.45) is 0 Å². The molecular formula is C13H12Br3NO4. The van der Waals surface area contributed by atoms with Crippen molar-refractivity contribution in [1.82, 2.24) is 0 Å². The zero-order chi connectivity index (χ0) is 16.2. The van der Waals surface area contributed by atoms with Gasteiger partial charge in [0.05, 0.1) is 12.8 Å². The van der Waals surface area contributed by atoms with Crippen molar-refractivity contribution in [3.63, 3.8) is 0 Å². The van der Waals surface area contributed by atoms with E-state index in [0.717, 1.165) is 4.47 Å². The van der Waals surface area contributed by atoms with E-state index >= 15 is 0 Å². The maximum atomic E-state index is 11.9. The molecule has 0 spiro atoms. The molecule has 1 N–H and O–H groups in total. The number of amides is 1. The van der Waals surface area contributed by atoms with Crippen LogP contribution >= 0.6 is 47.8 Å². The summed E-state index contributed by atoms with van der Waals surface area (Å²) in [5, 5.41) is 2.55. The second-order valence-corrected chi connectivity index (χ2v) is 6.65. The number of halogens is 3. The van der Waals surface area contributed by atoms with Crippen LogP contribution in [0.1, 0.15) is 6.92 Å². The minimum absolute atomic E-state index is 0.367. The number of ether oxygens (including phenoxy) is 2. The number of esters is 1. The maximum absolute atomic E-state index is 11.9. The Bertz CT molecular complexity index is 566. The first-order valence-corrected chi connectivity index (χ1v) is 7.99. The van der Waals surface area contributed by atoms with Gasteiger partial charge in [0.1, 0.15) is 0 Å². The predicted molar refractivity (Wildman–Crippen MR) is 90.3 cm³/mol. The Kier molecular flexibility index (Phi) is 6.89. The zero-order valence-corrected chi connectivity index (χ0v) is 16.0. The van der Waals surface area contributed by atoms with E-state index < -0.39 is 18.2 Å². The van der Waals surface area contributed by atoms with Gasteiger partial charge in [0.15, 0.2) is 0 Å². The number of carbonyl (C=O) groups excluding carboxylic acids is 2. The highest BCUT2D eigenvalue weighted by atomic mass is 79.9. The largest absolute Gasteiger partial charge is 0.466 e. The van der Waals surface area contributed by atoms with Gasteiger partial charge in [-0.05, 0) is 56.5 Å². The molecule has 0 radical (unpaired) electrons. The lowest BCUT2D eigenvalue weighted by Crippen LogP contribution is -2.31.